The highest BCUT2D eigenvalue weighted by atomic mass is 16.6. The summed E-state index contributed by atoms with van der Waals surface area (Å²) in [5.41, 5.74) is 1.35. The van der Waals surface area contributed by atoms with E-state index in [1.165, 1.54) is 0 Å². The van der Waals surface area contributed by atoms with Gasteiger partial charge in [0, 0.05) is 18.0 Å². The highest BCUT2D eigenvalue weighted by Gasteiger charge is 2.32. The van der Waals surface area contributed by atoms with Gasteiger partial charge in [0.2, 0.25) is 5.91 Å². The summed E-state index contributed by atoms with van der Waals surface area (Å²) < 4.78 is 5.39. The van der Waals surface area contributed by atoms with Crippen molar-refractivity contribution in [2.24, 2.45) is 5.92 Å². The number of aromatic nitrogens is 2. The smallest absolute Gasteiger partial charge is 0.410 e. The largest absolute Gasteiger partial charge is 0.444 e. The van der Waals surface area contributed by atoms with Crippen LogP contribution in [0.4, 0.5) is 10.6 Å². The number of hydrogen-bond donors (Lipinski definition) is 2. The zero-order valence-electron chi connectivity index (χ0n) is 13.2. The number of aromatic amines is 1. The molecule has 0 unspecified atom stereocenters. The van der Waals surface area contributed by atoms with Crippen LogP contribution in [-0.2, 0) is 22.5 Å². The number of hydrogen-bond acceptors (Lipinski definition) is 4. The van der Waals surface area contributed by atoms with E-state index in [9.17, 15) is 9.59 Å². The quantitative estimate of drug-likeness (QED) is 0.875. The van der Waals surface area contributed by atoms with Crippen molar-refractivity contribution in [3.05, 3.63) is 11.3 Å². The molecule has 1 aliphatic heterocycles. The number of nitrogens with zero attached hydrogens (tertiary/aromatic N) is 2. The van der Waals surface area contributed by atoms with Gasteiger partial charge in [-0.15, -0.1) is 0 Å². The van der Waals surface area contributed by atoms with E-state index in [2.05, 4.69) is 15.5 Å². The molecule has 3 rings (SSSR count). The Hall–Kier alpha value is -2.05. The van der Waals surface area contributed by atoms with Crippen LogP contribution in [0.15, 0.2) is 0 Å². The molecule has 1 saturated carbocycles. The first-order valence-corrected chi connectivity index (χ1v) is 7.68. The van der Waals surface area contributed by atoms with Gasteiger partial charge in [0.15, 0.2) is 5.82 Å². The summed E-state index contributed by atoms with van der Waals surface area (Å²) >= 11 is 0. The molecule has 0 atom stereocenters. The summed E-state index contributed by atoms with van der Waals surface area (Å²) in [6.07, 6.45) is 2.26. The number of carbonyl (C=O) groups excluding carboxylic acids is 2. The fourth-order valence-corrected chi connectivity index (χ4v) is 2.47. The van der Waals surface area contributed by atoms with E-state index < -0.39 is 5.60 Å². The number of anilines is 1. The Kier molecular flexibility index (Phi) is 3.58. The molecule has 0 saturated heterocycles. The highest BCUT2D eigenvalue weighted by molar-refractivity contribution is 5.94. The van der Waals surface area contributed by atoms with Crippen LogP contribution in [0.3, 0.4) is 0 Å². The van der Waals surface area contributed by atoms with Crippen molar-refractivity contribution in [1.82, 2.24) is 15.1 Å². The molecular weight excluding hydrogens is 284 g/mol. The van der Waals surface area contributed by atoms with Gasteiger partial charge in [-0.25, -0.2) is 4.79 Å². The normalized spacial score (nSPS) is 17.9. The van der Waals surface area contributed by atoms with Crippen LogP contribution in [0.2, 0.25) is 0 Å². The third kappa shape index (κ3) is 3.23. The summed E-state index contributed by atoms with van der Waals surface area (Å²) in [5, 5.41) is 9.98. The van der Waals surface area contributed by atoms with Crippen LogP contribution in [0.1, 0.15) is 44.9 Å². The Balaban J connectivity index is 1.65. The monoisotopic (exact) mass is 306 g/mol. The van der Waals surface area contributed by atoms with Crippen LogP contribution >= 0.6 is 0 Å². The third-order valence-electron chi connectivity index (χ3n) is 3.77. The molecule has 1 fully saturated rings. The molecule has 2 heterocycles. The average Bonchev–Trinajstić information content (AvgIpc) is 3.20. The average molecular weight is 306 g/mol. The van der Waals surface area contributed by atoms with E-state index in [1.54, 1.807) is 4.90 Å². The molecule has 2 N–H and O–H groups in total. The second kappa shape index (κ2) is 5.30. The van der Waals surface area contributed by atoms with E-state index in [4.69, 9.17) is 4.74 Å². The maximum atomic E-state index is 12.1. The van der Waals surface area contributed by atoms with Gasteiger partial charge in [-0.2, -0.15) is 5.10 Å². The lowest BCUT2D eigenvalue weighted by atomic mass is 10.1. The minimum atomic E-state index is -0.505. The Morgan fingerprint density at radius 3 is 2.73 bits per heavy atom. The number of amides is 2. The van der Waals surface area contributed by atoms with E-state index in [-0.39, 0.29) is 17.9 Å². The minimum absolute atomic E-state index is 0.0453. The summed E-state index contributed by atoms with van der Waals surface area (Å²) in [6, 6.07) is 0. The standard InChI is InChI=1S/C15H22N4O3/c1-15(2,3)22-14(21)19-7-6-10-11(8-19)17-18-12(10)16-13(20)9-4-5-9/h9H,4-8H2,1-3H3,(H2,16,17,18,20). The fourth-order valence-electron chi connectivity index (χ4n) is 2.47. The molecule has 1 aromatic heterocycles. The van der Waals surface area contributed by atoms with Gasteiger partial charge in [-0.3, -0.25) is 9.89 Å². The molecule has 7 heteroatoms. The molecule has 120 valence electrons. The van der Waals surface area contributed by atoms with Crippen molar-refractivity contribution in [3.8, 4) is 0 Å². The number of fused-ring (bicyclic) bond motifs is 1. The van der Waals surface area contributed by atoms with E-state index in [1.807, 2.05) is 20.8 Å². The molecule has 0 spiro atoms. The molecule has 0 aromatic carbocycles. The first kappa shape index (κ1) is 14.9. The van der Waals surface area contributed by atoms with Gasteiger partial charge in [-0.1, -0.05) is 0 Å². The second-order valence-electron chi connectivity index (χ2n) is 6.94. The van der Waals surface area contributed by atoms with E-state index in [0.29, 0.717) is 25.3 Å². The maximum Gasteiger partial charge on any atom is 0.410 e. The predicted molar refractivity (Wildman–Crippen MR) is 80.3 cm³/mol. The molecule has 0 radical (unpaired) electrons. The number of ether oxygens (including phenoxy) is 1. The van der Waals surface area contributed by atoms with Gasteiger partial charge >= 0.3 is 6.09 Å². The van der Waals surface area contributed by atoms with Crippen molar-refractivity contribution in [1.29, 1.82) is 0 Å². The summed E-state index contributed by atoms with van der Waals surface area (Å²) in [7, 11) is 0. The summed E-state index contributed by atoms with van der Waals surface area (Å²) in [5.74, 6) is 0.800. The van der Waals surface area contributed by atoms with Crippen LogP contribution < -0.4 is 5.32 Å². The molecule has 1 aromatic rings. The topological polar surface area (TPSA) is 87.3 Å². The van der Waals surface area contributed by atoms with Crippen LogP contribution in [0.25, 0.3) is 0 Å². The maximum absolute atomic E-state index is 12.1. The lowest BCUT2D eigenvalue weighted by Gasteiger charge is -2.29. The van der Waals surface area contributed by atoms with Crippen molar-refractivity contribution in [2.75, 3.05) is 11.9 Å². The Morgan fingerprint density at radius 2 is 2.09 bits per heavy atom. The SMILES string of the molecule is CC(C)(C)OC(=O)N1CCc2c(NC(=O)C3CC3)n[nH]c2C1. The van der Waals surface area contributed by atoms with Gasteiger partial charge in [-0.05, 0) is 40.0 Å². The van der Waals surface area contributed by atoms with Crippen LogP contribution in [0, 0.1) is 5.92 Å². The summed E-state index contributed by atoms with van der Waals surface area (Å²) in [6.45, 7) is 6.54. The number of carbonyl (C=O) groups is 2. The van der Waals surface area contributed by atoms with Crippen molar-refractivity contribution < 1.29 is 14.3 Å². The summed E-state index contributed by atoms with van der Waals surface area (Å²) in [4.78, 5) is 25.6. The molecule has 0 bridgehead atoms. The van der Waals surface area contributed by atoms with E-state index in [0.717, 1.165) is 24.1 Å². The second-order valence-corrected chi connectivity index (χ2v) is 6.94. The molecule has 7 nitrogen and oxygen atoms in total. The molecule has 1 aliphatic carbocycles. The van der Waals surface area contributed by atoms with Crippen molar-refractivity contribution in [3.63, 3.8) is 0 Å². The zero-order chi connectivity index (χ0) is 15.9. The molecule has 2 aliphatic rings. The van der Waals surface area contributed by atoms with Gasteiger partial charge in [0.25, 0.3) is 0 Å². The van der Waals surface area contributed by atoms with Gasteiger partial charge in [0.05, 0.1) is 12.2 Å². The number of rotatable bonds is 2. The first-order chi connectivity index (χ1) is 10.3. The lowest BCUT2D eigenvalue weighted by Crippen LogP contribution is -2.40. The third-order valence-corrected chi connectivity index (χ3v) is 3.77. The number of nitrogens with one attached hydrogen (secondary N) is 2. The number of H-pyrrole nitrogens is 1. The van der Waals surface area contributed by atoms with E-state index >= 15 is 0 Å². The van der Waals surface area contributed by atoms with Gasteiger partial charge in [0.1, 0.15) is 5.60 Å². The molecule has 22 heavy (non-hydrogen) atoms. The van der Waals surface area contributed by atoms with Crippen LogP contribution in [0.5, 0.6) is 0 Å². The Morgan fingerprint density at radius 1 is 1.36 bits per heavy atom. The Labute approximate surface area is 129 Å². The minimum Gasteiger partial charge on any atom is -0.444 e. The molecule has 2 amide bonds. The Bertz CT molecular complexity index is 598. The zero-order valence-corrected chi connectivity index (χ0v) is 13.2. The highest BCUT2D eigenvalue weighted by Crippen LogP contribution is 2.31. The first-order valence-electron chi connectivity index (χ1n) is 7.68. The van der Waals surface area contributed by atoms with Crippen molar-refractivity contribution >= 4 is 17.8 Å². The predicted octanol–water partition coefficient (Wildman–Crippen LogP) is 2.05. The van der Waals surface area contributed by atoms with Gasteiger partial charge < -0.3 is 15.0 Å². The lowest BCUT2D eigenvalue weighted by molar-refractivity contribution is -0.117. The van der Waals surface area contributed by atoms with Crippen LogP contribution in [-0.4, -0.2) is 39.2 Å². The fraction of sp³-hybridized carbons (Fsp3) is 0.667. The van der Waals surface area contributed by atoms with Crippen molar-refractivity contribution in [2.45, 2.75) is 52.2 Å². The molecular formula is C15H22N4O3.